The van der Waals surface area contributed by atoms with Gasteiger partial charge >= 0.3 is 5.97 Å². The molecule has 3 heterocycles. The Labute approximate surface area is 220 Å². The number of hydrogen-bond acceptors (Lipinski definition) is 9. The van der Waals surface area contributed by atoms with Gasteiger partial charge in [-0.2, -0.15) is 0 Å². The Bertz CT molecular complexity index is 1530. The predicted octanol–water partition coefficient (Wildman–Crippen LogP) is 5.87. The van der Waals surface area contributed by atoms with Crippen LogP contribution in [0.5, 0.6) is 11.5 Å². The molecule has 0 bridgehead atoms. The summed E-state index contributed by atoms with van der Waals surface area (Å²) in [7, 11) is 1.26. The van der Waals surface area contributed by atoms with Gasteiger partial charge in [0.2, 0.25) is 5.78 Å². The average molecular weight is 533 g/mol. The molecule has 186 valence electrons. The largest absolute Gasteiger partial charge is 0.503 e. The molecule has 1 aliphatic rings. The normalized spacial score (nSPS) is 15.2. The Kier molecular flexibility index (Phi) is 6.60. The molecular weight excluding hydrogens is 512 g/mol. The van der Waals surface area contributed by atoms with Crippen molar-refractivity contribution in [2.24, 2.45) is 0 Å². The molecule has 0 saturated heterocycles. The second kappa shape index (κ2) is 10.00. The summed E-state index contributed by atoms with van der Waals surface area (Å²) in [6, 6.07) is 18.5. The molecule has 0 saturated carbocycles. The standard InChI is InChI=1S/C27H20N2O6S2/c1-15-24(26(33)34-2)37-27(28-15)29-21(20(23(31)25(29)32)22(30)19-12-7-13-36-19)16-8-6-11-18(14-16)35-17-9-4-3-5-10-17/h3-14,21,31H,1-2H3/t21-/m1/s1. The molecule has 5 rings (SSSR count). The van der Waals surface area contributed by atoms with Crippen molar-refractivity contribution in [1.29, 1.82) is 0 Å². The third kappa shape index (κ3) is 4.52. The van der Waals surface area contributed by atoms with E-state index in [1.807, 2.05) is 30.3 Å². The zero-order valence-corrected chi connectivity index (χ0v) is 21.3. The Balaban J connectivity index is 1.62. The fourth-order valence-electron chi connectivity index (χ4n) is 4.03. The van der Waals surface area contributed by atoms with E-state index in [9.17, 15) is 19.5 Å². The van der Waals surface area contributed by atoms with Gasteiger partial charge in [0.25, 0.3) is 5.91 Å². The number of benzene rings is 2. The fraction of sp³-hybridized carbons (Fsp3) is 0.111. The maximum atomic E-state index is 13.5. The molecule has 1 aliphatic heterocycles. The van der Waals surface area contributed by atoms with Crippen LogP contribution in [-0.4, -0.2) is 34.9 Å². The van der Waals surface area contributed by atoms with Gasteiger partial charge in [0.05, 0.1) is 29.3 Å². The maximum absolute atomic E-state index is 13.5. The second-order valence-corrected chi connectivity index (χ2v) is 9.96. The minimum absolute atomic E-state index is 0.0724. The first kappa shape index (κ1) is 24.4. The van der Waals surface area contributed by atoms with Crippen LogP contribution in [0.15, 0.2) is 83.4 Å². The number of nitrogens with zero attached hydrogens (tertiary/aromatic N) is 2. The van der Waals surface area contributed by atoms with Gasteiger partial charge in [0, 0.05) is 0 Å². The van der Waals surface area contributed by atoms with Crippen LogP contribution in [-0.2, 0) is 9.53 Å². The van der Waals surface area contributed by atoms with Gasteiger partial charge in [-0.3, -0.25) is 14.5 Å². The third-order valence-corrected chi connectivity index (χ3v) is 7.72. The van der Waals surface area contributed by atoms with Crippen LogP contribution in [0.2, 0.25) is 0 Å². The number of aliphatic hydroxyl groups is 1. The summed E-state index contributed by atoms with van der Waals surface area (Å²) in [6.45, 7) is 1.63. The lowest BCUT2D eigenvalue weighted by Gasteiger charge is -2.24. The van der Waals surface area contributed by atoms with E-state index in [1.165, 1.54) is 23.3 Å². The van der Waals surface area contributed by atoms with Crippen LogP contribution in [0.1, 0.15) is 36.6 Å². The Morgan fingerprint density at radius 3 is 2.49 bits per heavy atom. The van der Waals surface area contributed by atoms with Crippen LogP contribution in [0.25, 0.3) is 0 Å². The molecule has 2 aromatic carbocycles. The number of hydrogen-bond donors (Lipinski definition) is 1. The molecular formula is C27H20N2O6S2. The second-order valence-electron chi connectivity index (χ2n) is 8.04. The summed E-state index contributed by atoms with van der Waals surface area (Å²) in [4.78, 5) is 45.4. The summed E-state index contributed by atoms with van der Waals surface area (Å²) in [5.74, 6) is -1.41. The first-order valence-corrected chi connectivity index (χ1v) is 12.8. The number of esters is 1. The van der Waals surface area contributed by atoms with E-state index in [1.54, 1.807) is 48.7 Å². The number of thiophene rings is 1. The number of rotatable bonds is 7. The number of ether oxygens (including phenoxy) is 2. The molecule has 2 aromatic heterocycles. The van der Waals surface area contributed by atoms with Gasteiger partial charge in [0.15, 0.2) is 10.9 Å². The number of thiazole rings is 1. The minimum Gasteiger partial charge on any atom is -0.503 e. The summed E-state index contributed by atoms with van der Waals surface area (Å²) in [5.41, 5.74) is 0.826. The lowest BCUT2D eigenvalue weighted by molar-refractivity contribution is -0.117. The SMILES string of the molecule is COC(=O)c1sc(N2C(=O)C(O)=C(C(=O)c3cccs3)[C@H]2c2cccc(Oc3ccccc3)c2)nc1C. The quantitative estimate of drug-likeness (QED) is 0.234. The first-order valence-electron chi connectivity index (χ1n) is 11.1. The number of methoxy groups -OCH3 is 1. The lowest BCUT2D eigenvalue weighted by atomic mass is 9.95. The van der Waals surface area contributed by atoms with Crippen molar-refractivity contribution in [1.82, 2.24) is 4.98 Å². The van der Waals surface area contributed by atoms with Crippen molar-refractivity contribution >= 4 is 45.5 Å². The fourth-order valence-corrected chi connectivity index (χ4v) is 5.72. The third-order valence-electron chi connectivity index (χ3n) is 5.71. The van der Waals surface area contributed by atoms with Crippen molar-refractivity contribution < 1.29 is 29.0 Å². The first-order chi connectivity index (χ1) is 17.9. The summed E-state index contributed by atoms with van der Waals surface area (Å²) in [5, 5.41) is 12.9. The molecule has 37 heavy (non-hydrogen) atoms. The van der Waals surface area contributed by atoms with Crippen molar-refractivity contribution in [3.05, 3.63) is 104 Å². The van der Waals surface area contributed by atoms with Gasteiger partial charge in [-0.25, -0.2) is 9.78 Å². The maximum Gasteiger partial charge on any atom is 0.350 e. The van der Waals surface area contributed by atoms with Gasteiger partial charge in [-0.05, 0) is 48.2 Å². The monoisotopic (exact) mass is 532 g/mol. The van der Waals surface area contributed by atoms with Crippen LogP contribution in [0, 0.1) is 6.92 Å². The van der Waals surface area contributed by atoms with Crippen LogP contribution in [0.3, 0.4) is 0 Å². The summed E-state index contributed by atoms with van der Waals surface area (Å²) >= 11 is 2.16. The molecule has 0 radical (unpaired) electrons. The van der Waals surface area contributed by atoms with E-state index >= 15 is 0 Å². The molecule has 4 aromatic rings. The number of carbonyl (C=O) groups is 3. The minimum atomic E-state index is -1.00. The van der Waals surface area contributed by atoms with Crippen molar-refractivity contribution in [3.63, 3.8) is 0 Å². The number of ketones is 1. The number of Topliss-reactive ketones (excluding diaryl/α,β-unsaturated/α-hetero) is 1. The number of aliphatic hydroxyl groups excluding tert-OH is 1. The molecule has 1 N–H and O–H groups in total. The molecule has 1 amide bonds. The van der Waals surface area contributed by atoms with Gasteiger partial charge in [0.1, 0.15) is 16.4 Å². The number of aryl methyl sites for hydroxylation is 1. The van der Waals surface area contributed by atoms with E-state index in [0.29, 0.717) is 27.6 Å². The topological polar surface area (TPSA) is 106 Å². The van der Waals surface area contributed by atoms with Gasteiger partial charge in [-0.1, -0.05) is 47.7 Å². The zero-order chi connectivity index (χ0) is 26.1. The molecule has 8 nitrogen and oxygen atoms in total. The number of carbonyl (C=O) groups excluding carboxylic acids is 3. The van der Waals surface area contributed by atoms with E-state index in [4.69, 9.17) is 9.47 Å². The van der Waals surface area contributed by atoms with Crippen molar-refractivity contribution in [2.75, 3.05) is 12.0 Å². The highest BCUT2D eigenvalue weighted by Crippen LogP contribution is 2.44. The molecule has 0 spiro atoms. The van der Waals surface area contributed by atoms with E-state index in [2.05, 4.69) is 4.98 Å². The Morgan fingerprint density at radius 1 is 1.03 bits per heavy atom. The predicted molar refractivity (Wildman–Crippen MR) is 140 cm³/mol. The Morgan fingerprint density at radius 2 is 1.78 bits per heavy atom. The van der Waals surface area contributed by atoms with Gasteiger partial charge < -0.3 is 14.6 Å². The summed E-state index contributed by atoms with van der Waals surface area (Å²) < 4.78 is 10.8. The van der Waals surface area contributed by atoms with E-state index in [-0.39, 0.29) is 15.6 Å². The van der Waals surface area contributed by atoms with Crippen molar-refractivity contribution in [3.8, 4) is 11.5 Å². The van der Waals surface area contributed by atoms with Crippen LogP contribution in [0.4, 0.5) is 5.13 Å². The smallest absolute Gasteiger partial charge is 0.350 e. The van der Waals surface area contributed by atoms with Gasteiger partial charge in [-0.15, -0.1) is 11.3 Å². The highest BCUT2D eigenvalue weighted by atomic mass is 32.1. The molecule has 10 heteroatoms. The highest BCUT2D eigenvalue weighted by Gasteiger charge is 2.46. The highest BCUT2D eigenvalue weighted by molar-refractivity contribution is 7.17. The molecule has 0 fully saturated rings. The number of para-hydroxylation sites is 1. The number of aromatic nitrogens is 1. The average Bonchev–Trinajstić information content (AvgIpc) is 3.63. The number of anilines is 1. The van der Waals surface area contributed by atoms with E-state index in [0.717, 1.165) is 11.3 Å². The Hall–Kier alpha value is -4.28. The summed E-state index contributed by atoms with van der Waals surface area (Å²) in [6.07, 6.45) is 0. The lowest BCUT2D eigenvalue weighted by Crippen LogP contribution is -2.31. The van der Waals surface area contributed by atoms with Crippen molar-refractivity contribution in [2.45, 2.75) is 13.0 Å². The van der Waals surface area contributed by atoms with E-state index < -0.39 is 29.5 Å². The van der Waals surface area contributed by atoms with Crippen LogP contribution < -0.4 is 9.64 Å². The number of amides is 1. The molecule has 1 atom stereocenters. The van der Waals surface area contributed by atoms with Crippen LogP contribution >= 0.6 is 22.7 Å². The molecule has 0 aliphatic carbocycles. The molecule has 0 unspecified atom stereocenters. The zero-order valence-electron chi connectivity index (χ0n) is 19.7.